The third-order valence-electron chi connectivity index (χ3n) is 6.95. The van der Waals surface area contributed by atoms with Crippen LogP contribution >= 0.6 is 0 Å². The second-order valence-electron chi connectivity index (χ2n) is 10.7. The Morgan fingerprint density at radius 1 is 1.11 bits per heavy atom. The first-order valence-corrected chi connectivity index (χ1v) is 14.3. The number of aromatic nitrogens is 5. The molecule has 1 aliphatic heterocycles. The number of rotatable bonds is 7. The smallest absolute Gasteiger partial charge is 0.300 e. The Morgan fingerprint density at radius 3 is 2.47 bits per heavy atom. The van der Waals surface area contributed by atoms with Crippen molar-refractivity contribution in [3.05, 3.63) is 53.9 Å². The number of fused-ring (bicyclic) bond motifs is 2. The van der Waals surface area contributed by atoms with E-state index in [1.807, 2.05) is 41.9 Å². The van der Waals surface area contributed by atoms with E-state index in [-0.39, 0.29) is 6.04 Å². The first-order chi connectivity index (χ1) is 21.5. The van der Waals surface area contributed by atoms with Gasteiger partial charge < -0.3 is 30.4 Å². The van der Waals surface area contributed by atoms with Crippen LogP contribution in [0.4, 0.5) is 17.5 Å². The van der Waals surface area contributed by atoms with E-state index in [0.29, 0.717) is 11.8 Å². The Kier molecular flexibility index (Phi) is 10.6. The predicted molar refractivity (Wildman–Crippen MR) is 171 cm³/mol. The summed E-state index contributed by atoms with van der Waals surface area (Å²) in [6.45, 7) is 9.77. The number of carbonyl (C=O) groups is 2. The van der Waals surface area contributed by atoms with Gasteiger partial charge in [0.15, 0.2) is 11.2 Å². The van der Waals surface area contributed by atoms with Gasteiger partial charge >= 0.3 is 0 Å². The zero-order chi connectivity index (χ0) is 32.7. The lowest BCUT2D eigenvalue weighted by molar-refractivity contribution is -0.135. The molecule has 0 aliphatic carbocycles. The summed E-state index contributed by atoms with van der Waals surface area (Å²) >= 11 is 0. The van der Waals surface area contributed by atoms with Crippen LogP contribution in [0.5, 0.6) is 0 Å². The Morgan fingerprint density at radius 2 is 1.80 bits per heavy atom. The summed E-state index contributed by atoms with van der Waals surface area (Å²) < 4.78 is 13.2. The first kappa shape index (κ1) is 32.8. The van der Waals surface area contributed by atoms with Crippen molar-refractivity contribution < 1.29 is 29.0 Å². The third kappa shape index (κ3) is 8.31. The molecule has 6 rings (SSSR count). The van der Waals surface area contributed by atoms with E-state index in [1.54, 1.807) is 7.11 Å². The van der Waals surface area contributed by atoms with Crippen LogP contribution in [0.1, 0.15) is 37.4 Å². The Hall–Kier alpha value is -5.08. The average molecular weight is 619 g/mol. The van der Waals surface area contributed by atoms with E-state index < -0.39 is 11.9 Å². The highest BCUT2D eigenvalue weighted by Crippen LogP contribution is 2.34. The Labute approximate surface area is 259 Å². The molecule has 1 aliphatic rings. The molecule has 1 atom stereocenters. The van der Waals surface area contributed by atoms with Crippen molar-refractivity contribution in [2.45, 2.75) is 40.2 Å². The summed E-state index contributed by atoms with van der Waals surface area (Å²) in [5.41, 5.74) is 13.5. The molecular formula is C31H38N8O6. The summed E-state index contributed by atoms with van der Waals surface area (Å²) in [6, 6.07) is 12.8. The SMILES string of the molecule is CC(=O)O.CC(=O)O.COCCN1CC[C@@H](n2nc(-c3ccc(Nc4nc5cc(C)cc(C)c5o4)cc3)c3c(N)ncnc32)C1. The lowest BCUT2D eigenvalue weighted by atomic mass is 10.1. The highest BCUT2D eigenvalue weighted by Gasteiger charge is 2.28. The number of anilines is 3. The van der Waals surface area contributed by atoms with E-state index >= 15 is 0 Å². The zero-order valence-electron chi connectivity index (χ0n) is 25.9. The zero-order valence-corrected chi connectivity index (χ0v) is 25.9. The highest BCUT2D eigenvalue weighted by molar-refractivity contribution is 5.98. The van der Waals surface area contributed by atoms with Crippen molar-refractivity contribution in [1.29, 1.82) is 0 Å². The molecule has 1 fully saturated rings. The van der Waals surface area contributed by atoms with E-state index in [4.69, 9.17) is 39.8 Å². The summed E-state index contributed by atoms with van der Waals surface area (Å²) in [6.07, 6.45) is 2.50. The summed E-state index contributed by atoms with van der Waals surface area (Å²) in [5.74, 6) is -1.24. The molecule has 3 aromatic heterocycles. The minimum atomic E-state index is -0.833. The molecule has 5 N–H and O–H groups in total. The topological polar surface area (TPSA) is 195 Å². The number of likely N-dealkylation sites (tertiary alicyclic amines) is 1. The van der Waals surface area contributed by atoms with Crippen LogP contribution in [0, 0.1) is 13.8 Å². The molecule has 5 aromatic rings. The third-order valence-corrected chi connectivity index (χ3v) is 6.95. The first-order valence-electron chi connectivity index (χ1n) is 14.3. The fourth-order valence-electron chi connectivity index (χ4n) is 5.15. The van der Waals surface area contributed by atoms with Crippen molar-refractivity contribution in [3.8, 4) is 11.3 Å². The molecule has 14 heteroatoms. The number of hydrogen-bond acceptors (Lipinski definition) is 11. The fourth-order valence-corrected chi connectivity index (χ4v) is 5.15. The second kappa shape index (κ2) is 14.6. The van der Waals surface area contributed by atoms with Crippen LogP contribution in [0.15, 0.2) is 47.1 Å². The van der Waals surface area contributed by atoms with Crippen molar-refractivity contribution in [1.82, 2.24) is 29.6 Å². The van der Waals surface area contributed by atoms with E-state index in [1.165, 1.54) is 6.33 Å². The summed E-state index contributed by atoms with van der Waals surface area (Å²) in [7, 11) is 1.73. The summed E-state index contributed by atoms with van der Waals surface area (Å²) in [5, 5.41) is 23.9. The maximum absolute atomic E-state index is 9.00. The van der Waals surface area contributed by atoms with Crippen molar-refractivity contribution in [2.75, 3.05) is 44.4 Å². The quantitative estimate of drug-likeness (QED) is 0.197. The van der Waals surface area contributed by atoms with Gasteiger partial charge in [-0.05, 0) is 49.6 Å². The number of carboxylic acid groups (broad SMARTS) is 2. The molecule has 0 bridgehead atoms. The van der Waals surface area contributed by atoms with Crippen LogP contribution in [-0.4, -0.2) is 85.1 Å². The van der Waals surface area contributed by atoms with E-state index in [2.05, 4.69) is 38.2 Å². The van der Waals surface area contributed by atoms with Crippen molar-refractivity contribution >= 4 is 51.6 Å². The van der Waals surface area contributed by atoms with Crippen LogP contribution in [0.3, 0.4) is 0 Å². The van der Waals surface area contributed by atoms with E-state index in [0.717, 1.165) is 96.7 Å². The van der Waals surface area contributed by atoms with Gasteiger partial charge in [-0.25, -0.2) is 14.6 Å². The number of oxazole rings is 1. The molecule has 45 heavy (non-hydrogen) atoms. The van der Waals surface area contributed by atoms with Gasteiger partial charge in [-0.3, -0.25) is 14.5 Å². The van der Waals surface area contributed by atoms with Crippen molar-refractivity contribution in [3.63, 3.8) is 0 Å². The highest BCUT2D eigenvalue weighted by atomic mass is 16.5. The number of aryl methyl sites for hydroxylation is 2. The number of nitrogens with one attached hydrogen (secondary N) is 1. The van der Waals surface area contributed by atoms with Crippen LogP contribution in [-0.2, 0) is 14.3 Å². The van der Waals surface area contributed by atoms with Gasteiger partial charge in [0, 0.05) is 51.8 Å². The maximum atomic E-state index is 9.00. The Balaban J connectivity index is 0.000000518. The minimum absolute atomic E-state index is 0.217. The monoisotopic (exact) mass is 618 g/mol. The standard InChI is InChI=1S/C27H30N8O2.2C2H4O2/c1-16-12-17(2)24-21(13-16)32-27(37-24)31-19-6-4-18(5-7-19)23-22-25(28)29-15-30-26(22)35(33-23)20-8-9-34(14-20)10-11-36-3;2*1-2(3)4/h4-7,12-13,15,20H,8-11,14H2,1-3H3,(H,31,32)(H2,28,29,30);2*1H3,(H,3,4)/t20-;;/m1../s1. The molecule has 0 spiro atoms. The molecule has 0 unspecified atom stereocenters. The largest absolute Gasteiger partial charge is 0.481 e. The lowest BCUT2D eigenvalue weighted by Crippen LogP contribution is -2.25. The predicted octanol–water partition coefficient (Wildman–Crippen LogP) is 4.65. The van der Waals surface area contributed by atoms with Gasteiger partial charge in [0.25, 0.3) is 18.0 Å². The van der Waals surface area contributed by atoms with Gasteiger partial charge in [-0.1, -0.05) is 18.2 Å². The van der Waals surface area contributed by atoms with Gasteiger partial charge in [-0.2, -0.15) is 10.1 Å². The number of carboxylic acids is 2. The molecular weight excluding hydrogens is 580 g/mol. The maximum Gasteiger partial charge on any atom is 0.300 e. The molecule has 2 aromatic carbocycles. The Bertz CT molecular complexity index is 1760. The van der Waals surface area contributed by atoms with Gasteiger partial charge in [-0.15, -0.1) is 0 Å². The second-order valence-corrected chi connectivity index (χ2v) is 10.7. The molecule has 0 amide bonds. The average Bonchev–Trinajstić information content (AvgIpc) is 3.69. The van der Waals surface area contributed by atoms with Crippen LogP contribution in [0.25, 0.3) is 33.4 Å². The van der Waals surface area contributed by atoms with Crippen LogP contribution < -0.4 is 11.1 Å². The van der Waals surface area contributed by atoms with Crippen molar-refractivity contribution in [2.24, 2.45) is 0 Å². The number of ether oxygens (including phenoxy) is 1. The minimum Gasteiger partial charge on any atom is -0.481 e. The molecule has 14 nitrogen and oxygen atoms in total. The number of nitrogens with zero attached hydrogens (tertiary/aromatic N) is 6. The number of benzene rings is 2. The fraction of sp³-hybridized carbons (Fsp3) is 0.355. The van der Waals surface area contributed by atoms with Gasteiger partial charge in [0.1, 0.15) is 23.4 Å². The molecule has 1 saturated heterocycles. The number of hydrogen-bond donors (Lipinski definition) is 4. The van der Waals surface area contributed by atoms with Gasteiger partial charge in [0.05, 0.1) is 18.0 Å². The molecule has 0 saturated carbocycles. The lowest BCUT2D eigenvalue weighted by Gasteiger charge is -2.15. The van der Waals surface area contributed by atoms with Gasteiger partial charge in [0.2, 0.25) is 0 Å². The van der Waals surface area contributed by atoms with Crippen LogP contribution in [0.2, 0.25) is 0 Å². The molecule has 0 radical (unpaired) electrons. The number of aliphatic carboxylic acids is 2. The number of nitrogen functional groups attached to an aromatic ring is 1. The number of nitrogens with two attached hydrogens (primary N) is 1. The summed E-state index contributed by atoms with van der Waals surface area (Å²) in [4.78, 5) is 33.8. The molecule has 4 heterocycles. The number of methoxy groups -OCH3 is 1. The molecule has 238 valence electrons. The van der Waals surface area contributed by atoms with E-state index in [9.17, 15) is 0 Å². The normalized spacial score (nSPS) is 14.5.